The average Bonchev–Trinajstić information content (AvgIpc) is 2.40. The zero-order valence-corrected chi connectivity index (χ0v) is 10.3. The number of benzene rings is 2. The lowest BCUT2D eigenvalue weighted by atomic mass is 10.2. The maximum absolute atomic E-state index is 13.5. The normalized spacial score (nSPS) is 10.3. The molecule has 0 saturated carbocycles. The van der Waals surface area contributed by atoms with Gasteiger partial charge in [-0.05, 0) is 18.2 Å². The highest BCUT2D eigenvalue weighted by Crippen LogP contribution is 2.30. The highest BCUT2D eigenvalue weighted by molar-refractivity contribution is 5.52. The molecule has 0 aromatic heterocycles. The summed E-state index contributed by atoms with van der Waals surface area (Å²) in [5.74, 6) is -0.955. The Labute approximate surface area is 109 Å². The molecule has 0 aliphatic rings. The number of anilines is 1. The molecule has 3 nitrogen and oxygen atoms in total. The van der Waals surface area contributed by atoms with E-state index in [1.165, 1.54) is 19.2 Å². The summed E-state index contributed by atoms with van der Waals surface area (Å²) >= 11 is 0. The number of nitrogen functional groups attached to an aromatic ring is 1. The van der Waals surface area contributed by atoms with Crippen molar-refractivity contribution < 1.29 is 18.3 Å². The molecule has 0 spiro atoms. The lowest BCUT2D eigenvalue weighted by molar-refractivity contribution is 0.278. The zero-order valence-electron chi connectivity index (χ0n) is 10.3. The fourth-order valence-corrected chi connectivity index (χ4v) is 1.62. The Morgan fingerprint density at radius 1 is 1.11 bits per heavy atom. The van der Waals surface area contributed by atoms with Crippen molar-refractivity contribution in [2.75, 3.05) is 12.8 Å². The minimum atomic E-state index is -0.912. The highest BCUT2D eigenvalue weighted by atomic mass is 19.2. The van der Waals surface area contributed by atoms with Gasteiger partial charge in [-0.2, -0.15) is 0 Å². The minimum Gasteiger partial charge on any atom is -0.493 e. The first-order valence-corrected chi connectivity index (χ1v) is 5.61. The van der Waals surface area contributed by atoms with E-state index in [0.29, 0.717) is 17.2 Å². The van der Waals surface area contributed by atoms with E-state index in [1.807, 2.05) is 0 Å². The van der Waals surface area contributed by atoms with Crippen LogP contribution in [0.1, 0.15) is 5.56 Å². The van der Waals surface area contributed by atoms with Gasteiger partial charge in [0.2, 0.25) is 0 Å². The second-order valence-electron chi connectivity index (χ2n) is 3.91. The topological polar surface area (TPSA) is 44.5 Å². The molecule has 0 amide bonds. The van der Waals surface area contributed by atoms with Crippen LogP contribution in [0.5, 0.6) is 11.5 Å². The van der Waals surface area contributed by atoms with E-state index in [1.54, 1.807) is 18.2 Å². The molecule has 0 fully saturated rings. The molecule has 2 aromatic rings. The molecule has 0 unspecified atom stereocenters. The third-order valence-corrected chi connectivity index (χ3v) is 2.60. The molecule has 100 valence electrons. The maximum Gasteiger partial charge on any atom is 0.165 e. The summed E-state index contributed by atoms with van der Waals surface area (Å²) in [6.07, 6.45) is 0. The van der Waals surface area contributed by atoms with E-state index >= 15 is 0 Å². The van der Waals surface area contributed by atoms with Crippen LogP contribution >= 0.6 is 0 Å². The van der Waals surface area contributed by atoms with Gasteiger partial charge < -0.3 is 15.2 Å². The van der Waals surface area contributed by atoms with E-state index in [-0.39, 0.29) is 12.2 Å². The van der Waals surface area contributed by atoms with E-state index in [9.17, 15) is 8.78 Å². The summed E-state index contributed by atoms with van der Waals surface area (Å²) in [6.45, 7) is -0.108. The summed E-state index contributed by atoms with van der Waals surface area (Å²) in [5.41, 5.74) is 6.26. The van der Waals surface area contributed by atoms with Crippen molar-refractivity contribution in [3.8, 4) is 11.5 Å². The number of halogens is 2. The number of methoxy groups -OCH3 is 1. The standard InChI is InChI=1S/C14H13F2NO2/c1-18-12-6-5-10(17)7-13(12)19-8-9-3-2-4-11(15)14(9)16/h2-7H,8,17H2,1H3. The lowest BCUT2D eigenvalue weighted by Gasteiger charge is -2.11. The fourth-order valence-electron chi connectivity index (χ4n) is 1.62. The molecule has 0 bridgehead atoms. The zero-order chi connectivity index (χ0) is 13.8. The molecule has 2 aromatic carbocycles. The second-order valence-corrected chi connectivity index (χ2v) is 3.91. The quantitative estimate of drug-likeness (QED) is 0.864. The van der Waals surface area contributed by atoms with Crippen LogP contribution in [-0.2, 0) is 6.61 Å². The van der Waals surface area contributed by atoms with Crippen molar-refractivity contribution >= 4 is 5.69 Å². The van der Waals surface area contributed by atoms with Crippen LogP contribution in [0.15, 0.2) is 36.4 Å². The molecule has 0 radical (unpaired) electrons. The van der Waals surface area contributed by atoms with Gasteiger partial charge in [0.1, 0.15) is 6.61 Å². The van der Waals surface area contributed by atoms with E-state index in [2.05, 4.69) is 0 Å². The van der Waals surface area contributed by atoms with Crippen LogP contribution in [-0.4, -0.2) is 7.11 Å². The largest absolute Gasteiger partial charge is 0.493 e. The van der Waals surface area contributed by atoms with Gasteiger partial charge in [-0.3, -0.25) is 0 Å². The van der Waals surface area contributed by atoms with Gasteiger partial charge >= 0.3 is 0 Å². The molecular formula is C14H13F2NO2. The number of rotatable bonds is 4. The molecule has 19 heavy (non-hydrogen) atoms. The molecule has 2 rings (SSSR count). The molecule has 0 atom stereocenters. The van der Waals surface area contributed by atoms with Crippen molar-refractivity contribution in [2.45, 2.75) is 6.61 Å². The van der Waals surface area contributed by atoms with Crippen LogP contribution < -0.4 is 15.2 Å². The highest BCUT2D eigenvalue weighted by Gasteiger charge is 2.10. The Balaban J connectivity index is 2.18. The molecular weight excluding hydrogens is 252 g/mol. The molecule has 0 aliphatic carbocycles. The molecule has 0 saturated heterocycles. The molecule has 0 aliphatic heterocycles. The number of nitrogens with two attached hydrogens (primary N) is 1. The third kappa shape index (κ3) is 2.93. The monoisotopic (exact) mass is 265 g/mol. The summed E-state index contributed by atoms with van der Waals surface area (Å²) in [4.78, 5) is 0. The summed E-state index contributed by atoms with van der Waals surface area (Å²) in [7, 11) is 1.49. The third-order valence-electron chi connectivity index (χ3n) is 2.60. The molecule has 0 heterocycles. The number of hydrogen-bond donors (Lipinski definition) is 1. The lowest BCUT2D eigenvalue weighted by Crippen LogP contribution is -2.02. The van der Waals surface area contributed by atoms with Crippen molar-refractivity contribution in [2.24, 2.45) is 0 Å². The van der Waals surface area contributed by atoms with Crippen LogP contribution in [0.4, 0.5) is 14.5 Å². The molecule has 5 heteroatoms. The van der Waals surface area contributed by atoms with Gasteiger partial charge in [-0.15, -0.1) is 0 Å². The average molecular weight is 265 g/mol. The van der Waals surface area contributed by atoms with E-state index < -0.39 is 11.6 Å². The summed E-state index contributed by atoms with van der Waals surface area (Å²) < 4.78 is 37.0. The van der Waals surface area contributed by atoms with Gasteiger partial charge in [-0.1, -0.05) is 12.1 Å². The summed E-state index contributed by atoms with van der Waals surface area (Å²) in [6, 6.07) is 8.81. The van der Waals surface area contributed by atoms with Gasteiger partial charge in [-0.25, -0.2) is 8.78 Å². The minimum absolute atomic E-state index is 0.108. The van der Waals surface area contributed by atoms with Crippen LogP contribution in [0.2, 0.25) is 0 Å². The second kappa shape index (κ2) is 5.56. The van der Waals surface area contributed by atoms with Gasteiger partial charge in [0.25, 0.3) is 0 Å². The van der Waals surface area contributed by atoms with Crippen molar-refractivity contribution in [1.82, 2.24) is 0 Å². The first-order chi connectivity index (χ1) is 9.11. The number of hydrogen-bond acceptors (Lipinski definition) is 3. The molecule has 2 N–H and O–H groups in total. The number of ether oxygens (including phenoxy) is 2. The van der Waals surface area contributed by atoms with Gasteiger partial charge in [0.15, 0.2) is 23.1 Å². The van der Waals surface area contributed by atoms with E-state index in [0.717, 1.165) is 6.07 Å². The van der Waals surface area contributed by atoms with Crippen molar-refractivity contribution in [3.05, 3.63) is 53.6 Å². The van der Waals surface area contributed by atoms with Gasteiger partial charge in [0, 0.05) is 17.3 Å². The van der Waals surface area contributed by atoms with Crippen molar-refractivity contribution in [1.29, 1.82) is 0 Å². The predicted molar refractivity (Wildman–Crippen MR) is 68.1 cm³/mol. The fraction of sp³-hybridized carbons (Fsp3) is 0.143. The van der Waals surface area contributed by atoms with Crippen LogP contribution in [0.3, 0.4) is 0 Å². The Morgan fingerprint density at radius 3 is 2.63 bits per heavy atom. The first-order valence-electron chi connectivity index (χ1n) is 5.61. The smallest absolute Gasteiger partial charge is 0.165 e. The Hall–Kier alpha value is -2.30. The Morgan fingerprint density at radius 2 is 1.89 bits per heavy atom. The maximum atomic E-state index is 13.5. The Kier molecular flexibility index (Phi) is 3.85. The summed E-state index contributed by atoms with van der Waals surface area (Å²) in [5, 5.41) is 0. The Bertz CT molecular complexity index is 588. The van der Waals surface area contributed by atoms with Crippen molar-refractivity contribution in [3.63, 3.8) is 0 Å². The SMILES string of the molecule is COc1ccc(N)cc1OCc1cccc(F)c1F. The van der Waals surface area contributed by atoms with Gasteiger partial charge in [0.05, 0.1) is 7.11 Å². The van der Waals surface area contributed by atoms with E-state index in [4.69, 9.17) is 15.2 Å². The predicted octanol–water partition coefficient (Wildman–Crippen LogP) is 3.13. The van der Waals surface area contributed by atoms with Crippen LogP contribution in [0, 0.1) is 11.6 Å². The first kappa shape index (κ1) is 13.1. The van der Waals surface area contributed by atoms with Crippen LogP contribution in [0.25, 0.3) is 0 Å².